The average molecular weight is 528 g/mol. The highest BCUT2D eigenvalue weighted by atomic mass is 19.4. The second kappa shape index (κ2) is 10.9. The molecule has 2 saturated heterocycles. The van der Waals surface area contributed by atoms with Gasteiger partial charge in [0.1, 0.15) is 12.7 Å². The standard InChI is InChI=1S/C26H28F3N7O2/c1-17-12-18(2-7-22(17)33-23(37)13-26(27,28)29)24-30-16-31-25(34-24)32-19-3-5-20(6-4-19)35-8-10-36(11-9-35)21-14-38-15-21/h2-7,12,16,21H,8-11,13-15H2,1H3,(H,33,37)(H,30,31,32,34). The van der Waals surface area contributed by atoms with E-state index in [-0.39, 0.29) is 0 Å². The molecule has 3 heterocycles. The summed E-state index contributed by atoms with van der Waals surface area (Å²) in [6, 6.07) is 13.6. The van der Waals surface area contributed by atoms with Gasteiger partial charge in [0, 0.05) is 48.8 Å². The topological polar surface area (TPSA) is 95.5 Å². The number of ether oxygens (including phenoxy) is 1. The molecule has 0 bridgehead atoms. The van der Waals surface area contributed by atoms with Crippen LogP contribution in [0.3, 0.4) is 0 Å². The number of alkyl halides is 3. The lowest BCUT2D eigenvalue weighted by molar-refractivity contribution is -0.150. The van der Waals surface area contributed by atoms with Gasteiger partial charge in [-0.25, -0.2) is 9.97 Å². The fraction of sp³-hybridized carbons (Fsp3) is 0.385. The van der Waals surface area contributed by atoms with Crippen molar-refractivity contribution in [3.05, 3.63) is 54.4 Å². The van der Waals surface area contributed by atoms with E-state index in [0.29, 0.717) is 34.6 Å². The third-order valence-corrected chi connectivity index (χ3v) is 6.63. The first-order valence-electron chi connectivity index (χ1n) is 12.3. The number of nitrogens with zero attached hydrogens (tertiary/aromatic N) is 5. The summed E-state index contributed by atoms with van der Waals surface area (Å²) in [4.78, 5) is 29.4. The van der Waals surface area contributed by atoms with Crippen molar-refractivity contribution in [3.8, 4) is 11.4 Å². The quantitative estimate of drug-likeness (QED) is 0.476. The monoisotopic (exact) mass is 527 g/mol. The number of anilines is 4. The van der Waals surface area contributed by atoms with Gasteiger partial charge in [-0.2, -0.15) is 18.2 Å². The molecule has 12 heteroatoms. The van der Waals surface area contributed by atoms with Crippen LogP contribution in [-0.2, 0) is 9.53 Å². The molecule has 0 unspecified atom stereocenters. The Morgan fingerprint density at radius 2 is 1.79 bits per heavy atom. The van der Waals surface area contributed by atoms with Crippen molar-refractivity contribution in [1.82, 2.24) is 19.9 Å². The van der Waals surface area contributed by atoms with Gasteiger partial charge in [0.2, 0.25) is 11.9 Å². The van der Waals surface area contributed by atoms with E-state index in [9.17, 15) is 18.0 Å². The molecular weight excluding hydrogens is 499 g/mol. The Morgan fingerprint density at radius 1 is 1.05 bits per heavy atom. The maximum absolute atomic E-state index is 12.4. The number of carbonyl (C=O) groups excluding carboxylic acids is 1. The molecule has 2 aromatic carbocycles. The molecular formula is C26H28F3N7O2. The van der Waals surface area contributed by atoms with E-state index in [1.54, 1.807) is 19.1 Å². The summed E-state index contributed by atoms with van der Waals surface area (Å²) in [5.41, 5.74) is 3.52. The van der Waals surface area contributed by atoms with E-state index in [0.717, 1.165) is 50.8 Å². The highest BCUT2D eigenvalue weighted by Gasteiger charge is 2.31. The Bertz CT molecular complexity index is 1270. The fourth-order valence-electron chi connectivity index (χ4n) is 4.48. The predicted molar refractivity (Wildman–Crippen MR) is 137 cm³/mol. The Kier molecular flexibility index (Phi) is 7.43. The van der Waals surface area contributed by atoms with Crippen LogP contribution in [0.15, 0.2) is 48.8 Å². The Morgan fingerprint density at radius 3 is 2.42 bits per heavy atom. The number of halogens is 3. The first kappa shape index (κ1) is 25.9. The Balaban J connectivity index is 1.20. The second-order valence-corrected chi connectivity index (χ2v) is 9.39. The zero-order valence-corrected chi connectivity index (χ0v) is 20.8. The zero-order valence-electron chi connectivity index (χ0n) is 20.8. The largest absolute Gasteiger partial charge is 0.397 e. The number of nitrogens with one attached hydrogen (secondary N) is 2. The fourth-order valence-corrected chi connectivity index (χ4v) is 4.48. The van der Waals surface area contributed by atoms with Crippen LogP contribution in [0.2, 0.25) is 0 Å². The molecule has 1 aromatic heterocycles. The van der Waals surface area contributed by atoms with Crippen LogP contribution in [0.5, 0.6) is 0 Å². The number of amides is 1. The van der Waals surface area contributed by atoms with Crippen LogP contribution < -0.4 is 15.5 Å². The van der Waals surface area contributed by atoms with Crippen molar-refractivity contribution < 1.29 is 22.7 Å². The average Bonchev–Trinajstić information content (AvgIpc) is 2.84. The van der Waals surface area contributed by atoms with Crippen LogP contribution in [0.25, 0.3) is 11.4 Å². The minimum atomic E-state index is -4.56. The maximum Gasteiger partial charge on any atom is 0.397 e. The summed E-state index contributed by atoms with van der Waals surface area (Å²) in [6.07, 6.45) is -4.71. The maximum atomic E-state index is 12.4. The molecule has 1 amide bonds. The summed E-state index contributed by atoms with van der Waals surface area (Å²) in [5, 5.41) is 5.48. The molecule has 200 valence electrons. The van der Waals surface area contributed by atoms with Crippen LogP contribution in [0.1, 0.15) is 12.0 Å². The number of hydrogen-bond donors (Lipinski definition) is 2. The van der Waals surface area contributed by atoms with Crippen molar-refractivity contribution in [2.75, 3.05) is 54.9 Å². The van der Waals surface area contributed by atoms with Gasteiger partial charge in [-0.1, -0.05) is 0 Å². The van der Waals surface area contributed by atoms with Gasteiger partial charge >= 0.3 is 6.18 Å². The highest BCUT2D eigenvalue weighted by Crippen LogP contribution is 2.26. The van der Waals surface area contributed by atoms with Gasteiger partial charge in [0.05, 0.1) is 19.3 Å². The lowest BCUT2D eigenvalue weighted by Crippen LogP contribution is -2.56. The predicted octanol–water partition coefficient (Wildman–Crippen LogP) is 4.00. The lowest BCUT2D eigenvalue weighted by Gasteiger charge is -2.43. The summed E-state index contributed by atoms with van der Waals surface area (Å²) in [6.45, 7) is 7.39. The van der Waals surface area contributed by atoms with Gasteiger partial charge in [-0.05, 0) is 55.0 Å². The van der Waals surface area contributed by atoms with E-state index in [2.05, 4.69) is 47.5 Å². The Hall–Kier alpha value is -3.77. The van der Waals surface area contributed by atoms with E-state index < -0.39 is 18.5 Å². The Labute approximate surface area is 218 Å². The van der Waals surface area contributed by atoms with E-state index in [4.69, 9.17) is 4.74 Å². The number of aromatic nitrogens is 3. The normalized spacial score (nSPS) is 16.7. The van der Waals surface area contributed by atoms with Crippen LogP contribution in [-0.4, -0.2) is 77.4 Å². The molecule has 2 aliphatic heterocycles. The summed E-state index contributed by atoms with van der Waals surface area (Å²) in [7, 11) is 0. The molecule has 0 radical (unpaired) electrons. The first-order chi connectivity index (χ1) is 18.2. The van der Waals surface area contributed by atoms with Gasteiger partial charge in [0.25, 0.3) is 0 Å². The highest BCUT2D eigenvalue weighted by molar-refractivity contribution is 5.92. The van der Waals surface area contributed by atoms with E-state index in [1.165, 1.54) is 12.4 Å². The molecule has 2 N–H and O–H groups in total. The number of aryl methyl sites for hydroxylation is 1. The lowest BCUT2D eigenvalue weighted by atomic mass is 10.1. The van der Waals surface area contributed by atoms with E-state index >= 15 is 0 Å². The van der Waals surface area contributed by atoms with Gasteiger partial charge in [-0.15, -0.1) is 0 Å². The summed E-state index contributed by atoms with van der Waals surface area (Å²) >= 11 is 0. The molecule has 0 saturated carbocycles. The van der Waals surface area contributed by atoms with E-state index in [1.807, 2.05) is 12.1 Å². The molecule has 3 aromatic rings. The van der Waals surface area contributed by atoms with Crippen LogP contribution in [0, 0.1) is 6.92 Å². The van der Waals surface area contributed by atoms with Crippen LogP contribution >= 0.6 is 0 Å². The third-order valence-electron chi connectivity index (χ3n) is 6.63. The first-order valence-corrected chi connectivity index (χ1v) is 12.3. The number of rotatable bonds is 7. The van der Waals surface area contributed by atoms with Gasteiger partial charge in [-0.3, -0.25) is 9.69 Å². The molecule has 0 spiro atoms. The molecule has 2 fully saturated rings. The summed E-state index contributed by atoms with van der Waals surface area (Å²) < 4.78 is 42.7. The summed E-state index contributed by atoms with van der Waals surface area (Å²) in [5.74, 6) is -0.360. The molecule has 0 atom stereocenters. The minimum Gasteiger partial charge on any atom is -0.378 e. The number of hydrogen-bond acceptors (Lipinski definition) is 8. The molecule has 5 rings (SSSR count). The van der Waals surface area contributed by atoms with Crippen molar-refractivity contribution in [3.63, 3.8) is 0 Å². The number of piperazine rings is 1. The van der Waals surface area contributed by atoms with Crippen molar-refractivity contribution in [1.29, 1.82) is 0 Å². The van der Waals surface area contributed by atoms with Crippen molar-refractivity contribution >= 4 is 28.9 Å². The molecule has 0 aliphatic carbocycles. The van der Waals surface area contributed by atoms with Gasteiger partial charge in [0.15, 0.2) is 5.82 Å². The van der Waals surface area contributed by atoms with Crippen molar-refractivity contribution in [2.45, 2.75) is 25.6 Å². The number of benzene rings is 2. The SMILES string of the molecule is Cc1cc(-c2ncnc(Nc3ccc(N4CCN(C5COC5)CC4)cc3)n2)ccc1NC(=O)CC(F)(F)F. The zero-order chi connectivity index (χ0) is 26.7. The molecule has 9 nitrogen and oxygen atoms in total. The smallest absolute Gasteiger partial charge is 0.378 e. The van der Waals surface area contributed by atoms with Crippen LogP contribution in [0.4, 0.5) is 36.2 Å². The minimum absolute atomic E-state index is 0.300. The second-order valence-electron chi connectivity index (χ2n) is 9.39. The third kappa shape index (κ3) is 6.37. The number of carbonyl (C=O) groups is 1. The van der Waals surface area contributed by atoms with Crippen molar-refractivity contribution in [2.24, 2.45) is 0 Å². The molecule has 2 aliphatic rings. The van der Waals surface area contributed by atoms with Gasteiger partial charge < -0.3 is 20.3 Å². The molecule has 38 heavy (non-hydrogen) atoms.